The third-order valence-corrected chi connectivity index (χ3v) is 4.15. The number of hydrogen-bond donors (Lipinski definition) is 1. The quantitative estimate of drug-likeness (QED) is 0.822. The molecule has 4 nitrogen and oxygen atoms in total. The molecule has 4 heteroatoms. The van der Waals surface area contributed by atoms with Crippen LogP contribution in [0, 0.1) is 17.8 Å². The predicted molar refractivity (Wildman–Crippen MR) is 77.9 cm³/mol. The Hall–Kier alpha value is -0.900. The Morgan fingerprint density at radius 3 is 2.63 bits per heavy atom. The first-order chi connectivity index (χ1) is 9.15. The van der Waals surface area contributed by atoms with Gasteiger partial charge in [-0.05, 0) is 37.3 Å². The lowest BCUT2D eigenvalue weighted by atomic mass is 9.87. The second-order valence-electron chi connectivity index (χ2n) is 6.44. The van der Waals surface area contributed by atoms with E-state index < -0.39 is 0 Å². The lowest BCUT2D eigenvalue weighted by molar-refractivity contribution is 0.314. The van der Waals surface area contributed by atoms with Crippen LogP contribution in [-0.2, 0) is 13.5 Å². The highest BCUT2D eigenvalue weighted by molar-refractivity contribution is 4.96. The molecule has 108 valence electrons. The molecule has 0 aliphatic heterocycles. The summed E-state index contributed by atoms with van der Waals surface area (Å²) in [5, 5.41) is 11.9. The van der Waals surface area contributed by atoms with Gasteiger partial charge in [0.1, 0.15) is 0 Å². The second-order valence-corrected chi connectivity index (χ2v) is 6.44. The van der Waals surface area contributed by atoms with E-state index in [0.717, 1.165) is 43.0 Å². The Morgan fingerprint density at radius 1 is 1.32 bits per heavy atom. The molecular formula is C15H28N4. The van der Waals surface area contributed by atoms with Crippen molar-refractivity contribution >= 4 is 0 Å². The molecule has 0 bridgehead atoms. The highest BCUT2D eigenvalue weighted by Gasteiger charge is 2.25. The van der Waals surface area contributed by atoms with Crippen LogP contribution in [0.5, 0.6) is 0 Å². The summed E-state index contributed by atoms with van der Waals surface area (Å²) in [5.74, 6) is 2.32. The summed E-state index contributed by atoms with van der Waals surface area (Å²) in [6.07, 6.45) is 8.74. The minimum Gasteiger partial charge on any atom is -0.316 e. The van der Waals surface area contributed by atoms with Crippen molar-refractivity contribution in [2.24, 2.45) is 24.8 Å². The molecule has 0 spiro atoms. The SMILES string of the molecule is CC(C)CNCC(Cc1cn(C)nn1)C1CCCC1. The monoisotopic (exact) mass is 264 g/mol. The van der Waals surface area contributed by atoms with Gasteiger partial charge in [-0.15, -0.1) is 5.10 Å². The summed E-state index contributed by atoms with van der Waals surface area (Å²) < 4.78 is 1.81. The van der Waals surface area contributed by atoms with Gasteiger partial charge in [-0.3, -0.25) is 4.68 Å². The first kappa shape index (κ1) is 14.5. The highest BCUT2D eigenvalue weighted by Crippen LogP contribution is 2.32. The van der Waals surface area contributed by atoms with Crippen molar-refractivity contribution in [2.45, 2.75) is 46.0 Å². The average Bonchev–Trinajstić information content (AvgIpc) is 2.98. The molecule has 1 N–H and O–H groups in total. The van der Waals surface area contributed by atoms with E-state index in [-0.39, 0.29) is 0 Å². The normalized spacial score (nSPS) is 18.3. The number of nitrogens with one attached hydrogen (secondary N) is 1. The molecule has 0 radical (unpaired) electrons. The van der Waals surface area contributed by atoms with Crippen molar-refractivity contribution in [3.8, 4) is 0 Å². The number of rotatable bonds is 7. The van der Waals surface area contributed by atoms with Gasteiger partial charge in [0.25, 0.3) is 0 Å². The highest BCUT2D eigenvalue weighted by atomic mass is 15.4. The van der Waals surface area contributed by atoms with Crippen LogP contribution in [0.2, 0.25) is 0 Å². The summed E-state index contributed by atoms with van der Waals surface area (Å²) in [5.41, 5.74) is 1.14. The zero-order chi connectivity index (χ0) is 13.7. The van der Waals surface area contributed by atoms with Crippen molar-refractivity contribution in [3.63, 3.8) is 0 Å². The van der Waals surface area contributed by atoms with Gasteiger partial charge in [-0.1, -0.05) is 44.7 Å². The van der Waals surface area contributed by atoms with Crippen molar-refractivity contribution in [1.29, 1.82) is 0 Å². The van der Waals surface area contributed by atoms with Crippen molar-refractivity contribution in [2.75, 3.05) is 13.1 Å². The van der Waals surface area contributed by atoms with Gasteiger partial charge < -0.3 is 5.32 Å². The van der Waals surface area contributed by atoms with Crippen LogP contribution in [0.15, 0.2) is 6.20 Å². The first-order valence-electron chi connectivity index (χ1n) is 7.71. The van der Waals surface area contributed by atoms with Crippen LogP contribution in [0.3, 0.4) is 0 Å². The fourth-order valence-electron chi connectivity index (χ4n) is 3.15. The van der Waals surface area contributed by atoms with Crippen molar-refractivity contribution < 1.29 is 0 Å². The molecule has 0 aromatic carbocycles. The Balaban J connectivity index is 1.89. The zero-order valence-electron chi connectivity index (χ0n) is 12.6. The number of hydrogen-bond acceptors (Lipinski definition) is 3. The number of aryl methyl sites for hydroxylation is 1. The molecule has 2 rings (SSSR count). The van der Waals surface area contributed by atoms with Crippen LogP contribution in [0.1, 0.15) is 45.2 Å². The Kier molecular flexibility index (Phi) is 5.37. The molecule has 1 atom stereocenters. The minimum atomic E-state index is 0.720. The van der Waals surface area contributed by atoms with Gasteiger partial charge >= 0.3 is 0 Å². The molecule has 19 heavy (non-hydrogen) atoms. The molecular weight excluding hydrogens is 236 g/mol. The lowest BCUT2D eigenvalue weighted by Gasteiger charge is -2.23. The number of aromatic nitrogens is 3. The molecule has 0 saturated heterocycles. The van der Waals surface area contributed by atoms with Crippen LogP contribution in [-0.4, -0.2) is 28.1 Å². The van der Waals surface area contributed by atoms with E-state index in [1.807, 2.05) is 11.7 Å². The fraction of sp³-hybridized carbons (Fsp3) is 0.867. The van der Waals surface area contributed by atoms with Gasteiger partial charge in [0, 0.05) is 13.2 Å². The molecule has 1 unspecified atom stereocenters. The van der Waals surface area contributed by atoms with Crippen LogP contribution in [0.4, 0.5) is 0 Å². The summed E-state index contributed by atoms with van der Waals surface area (Å²) in [6, 6.07) is 0. The zero-order valence-corrected chi connectivity index (χ0v) is 12.6. The Bertz CT molecular complexity index is 366. The lowest BCUT2D eigenvalue weighted by Crippen LogP contribution is -2.31. The largest absolute Gasteiger partial charge is 0.316 e. The minimum absolute atomic E-state index is 0.720. The molecule has 0 amide bonds. The third-order valence-electron chi connectivity index (χ3n) is 4.15. The maximum Gasteiger partial charge on any atom is 0.0830 e. The number of nitrogens with zero attached hydrogens (tertiary/aromatic N) is 3. The first-order valence-corrected chi connectivity index (χ1v) is 7.71. The van der Waals surface area contributed by atoms with Crippen LogP contribution < -0.4 is 5.32 Å². The van der Waals surface area contributed by atoms with Gasteiger partial charge in [0.2, 0.25) is 0 Å². The van der Waals surface area contributed by atoms with E-state index in [1.54, 1.807) is 0 Å². The topological polar surface area (TPSA) is 42.7 Å². The van der Waals surface area contributed by atoms with Gasteiger partial charge in [0.05, 0.1) is 5.69 Å². The molecule has 1 aromatic rings. The van der Waals surface area contributed by atoms with E-state index in [0.29, 0.717) is 0 Å². The summed E-state index contributed by atoms with van der Waals surface area (Å²) in [4.78, 5) is 0. The standard InChI is InChI=1S/C15H28N4/c1-12(2)9-16-10-14(13-6-4-5-7-13)8-15-11-19(3)18-17-15/h11-14,16H,4-10H2,1-3H3. The fourth-order valence-corrected chi connectivity index (χ4v) is 3.15. The van der Waals surface area contributed by atoms with Crippen molar-refractivity contribution in [3.05, 3.63) is 11.9 Å². The molecule has 1 fully saturated rings. The maximum atomic E-state index is 4.26. The Labute approximate surface area is 117 Å². The molecule has 1 heterocycles. The van der Waals surface area contributed by atoms with Crippen molar-refractivity contribution in [1.82, 2.24) is 20.3 Å². The molecule has 1 saturated carbocycles. The van der Waals surface area contributed by atoms with E-state index in [9.17, 15) is 0 Å². The molecule has 1 aliphatic rings. The van der Waals surface area contributed by atoms with Gasteiger partial charge in [0.15, 0.2) is 0 Å². The second kappa shape index (κ2) is 7.04. The molecule has 1 aliphatic carbocycles. The average molecular weight is 264 g/mol. The van der Waals surface area contributed by atoms with Gasteiger partial charge in [-0.25, -0.2) is 0 Å². The van der Waals surface area contributed by atoms with Crippen LogP contribution >= 0.6 is 0 Å². The smallest absolute Gasteiger partial charge is 0.0830 e. The molecule has 1 aromatic heterocycles. The van der Waals surface area contributed by atoms with E-state index >= 15 is 0 Å². The van der Waals surface area contributed by atoms with Gasteiger partial charge in [-0.2, -0.15) is 0 Å². The third kappa shape index (κ3) is 4.60. The summed E-state index contributed by atoms with van der Waals surface area (Å²) >= 11 is 0. The van der Waals surface area contributed by atoms with Crippen LogP contribution in [0.25, 0.3) is 0 Å². The predicted octanol–water partition coefficient (Wildman–Crippen LogP) is 2.41. The van der Waals surface area contributed by atoms with E-state index in [1.165, 1.54) is 25.7 Å². The summed E-state index contributed by atoms with van der Waals surface area (Å²) in [7, 11) is 1.94. The Morgan fingerprint density at radius 2 is 2.05 bits per heavy atom. The summed E-state index contributed by atoms with van der Waals surface area (Å²) in [6.45, 7) is 6.77. The van der Waals surface area contributed by atoms with E-state index in [2.05, 4.69) is 35.7 Å². The van der Waals surface area contributed by atoms with E-state index in [4.69, 9.17) is 0 Å². The maximum absolute atomic E-state index is 4.26.